The van der Waals surface area contributed by atoms with Crippen molar-refractivity contribution in [1.82, 2.24) is 9.97 Å². The van der Waals surface area contributed by atoms with Crippen LogP contribution >= 0.6 is 23.4 Å². The van der Waals surface area contributed by atoms with Crippen molar-refractivity contribution >= 4 is 29.2 Å². The second kappa shape index (κ2) is 5.25. The molecule has 0 radical (unpaired) electrons. The molecule has 0 saturated heterocycles. The molecule has 0 aliphatic rings. The predicted octanol–water partition coefficient (Wildman–Crippen LogP) is 2.97. The van der Waals surface area contributed by atoms with Gasteiger partial charge in [-0.05, 0) is 18.4 Å². The molecule has 90 valence electrons. The van der Waals surface area contributed by atoms with E-state index in [1.807, 2.05) is 12.3 Å². The highest BCUT2D eigenvalue weighted by molar-refractivity contribution is 7.98. The molecule has 2 N–H and O–H groups in total. The van der Waals surface area contributed by atoms with Crippen LogP contribution in [0.2, 0.25) is 5.02 Å². The van der Waals surface area contributed by atoms with Crippen molar-refractivity contribution in [2.75, 3.05) is 12.0 Å². The van der Waals surface area contributed by atoms with Gasteiger partial charge in [-0.2, -0.15) is 5.26 Å². The van der Waals surface area contributed by atoms with Crippen LogP contribution in [0.15, 0.2) is 29.4 Å². The van der Waals surface area contributed by atoms with Gasteiger partial charge in [-0.1, -0.05) is 35.5 Å². The molecule has 0 bridgehead atoms. The van der Waals surface area contributed by atoms with Crippen LogP contribution in [0.4, 0.5) is 5.82 Å². The smallest absolute Gasteiger partial charge is 0.189 e. The van der Waals surface area contributed by atoms with Gasteiger partial charge in [0.2, 0.25) is 0 Å². The largest absolute Gasteiger partial charge is 0.382 e. The summed E-state index contributed by atoms with van der Waals surface area (Å²) in [4.78, 5) is 8.38. The number of nitriles is 1. The zero-order valence-electron chi connectivity index (χ0n) is 9.51. The lowest BCUT2D eigenvalue weighted by atomic mass is 10.1. The van der Waals surface area contributed by atoms with Crippen molar-refractivity contribution in [3.05, 3.63) is 34.9 Å². The molecule has 2 aromatic rings. The Morgan fingerprint density at radius 2 is 1.94 bits per heavy atom. The van der Waals surface area contributed by atoms with Gasteiger partial charge < -0.3 is 5.73 Å². The Labute approximate surface area is 114 Å². The quantitative estimate of drug-likeness (QED) is 0.674. The van der Waals surface area contributed by atoms with Gasteiger partial charge >= 0.3 is 0 Å². The summed E-state index contributed by atoms with van der Waals surface area (Å²) in [5.41, 5.74) is 7.37. The fourth-order valence-electron chi connectivity index (χ4n) is 1.47. The van der Waals surface area contributed by atoms with Crippen LogP contribution < -0.4 is 5.73 Å². The van der Waals surface area contributed by atoms with Gasteiger partial charge in [0.05, 0.1) is 5.69 Å². The third kappa shape index (κ3) is 2.40. The summed E-state index contributed by atoms with van der Waals surface area (Å²) < 4.78 is 0. The Kier molecular flexibility index (Phi) is 3.70. The van der Waals surface area contributed by atoms with E-state index < -0.39 is 0 Å². The number of anilines is 1. The number of hydrogen-bond acceptors (Lipinski definition) is 5. The lowest BCUT2D eigenvalue weighted by Gasteiger charge is -2.07. The van der Waals surface area contributed by atoms with E-state index in [9.17, 15) is 0 Å². The van der Waals surface area contributed by atoms with Crippen LogP contribution in [0.3, 0.4) is 0 Å². The van der Waals surface area contributed by atoms with Crippen molar-refractivity contribution in [3.8, 4) is 17.3 Å². The Hall–Kier alpha value is -1.77. The van der Waals surface area contributed by atoms with E-state index in [4.69, 9.17) is 22.6 Å². The topological polar surface area (TPSA) is 75.6 Å². The highest BCUT2D eigenvalue weighted by Crippen LogP contribution is 2.27. The summed E-state index contributed by atoms with van der Waals surface area (Å²) in [5.74, 6) is 0.196. The van der Waals surface area contributed by atoms with Crippen molar-refractivity contribution in [2.45, 2.75) is 5.16 Å². The third-order valence-corrected chi connectivity index (χ3v) is 3.13. The molecule has 0 atom stereocenters. The van der Waals surface area contributed by atoms with Crippen LogP contribution in [-0.4, -0.2) is 16.2 Å². The van der Waals surface area contributed by atoms with Crippen LogP contribution in [0.5, 0.6) is 0 Å². The van der Waals surface area contributed by atoms with E-state index in [0.29, 0.717) is 15.9 Å². The van der Waals surface area contributed by atoms with Gasteiger partial charge in [-0.25, -0.2) is 9.97 Å². The van der Waals surface area contributed by atoms with Crippen LogP contribution in [-0.2, 0) is 0 Å². The van der Waals surface area contributed by atoms with Crippen LogP contribution in [0.25, 0.3) is 11.3 Å². The van der Waals surface area contributed by atoms with Gasteiger partial charge in [-0.15, -0.1) is 0 Å². The number of hydrogen-bond donors (Lipinski definition) is 1. The summed E-state index contributed by atoms with van der Waals surface area (Å²) in [5, 5.41) is 10.3. The number of nitrogen functional groups attached to an aromatic ring is 1. The Bertz CT molecular complexity index is 619. The number of rotatable bonds is 2. The first-order chi connectivity index (χ1) is 8.65. The Balaban J connectivity index is 2.65. The summed E-state index contributed by atoms with van der Waals surface area (Å²) in [6.45, 7) is 0. The fraction of sp³-hybridized carbons (Fsp3) is 0.0833. The number of thioether (sulfide) groups is 1. The van der Waals surface area contributed by atoms with E-state index in [1.165, 1.54) is 11.8 Å². The highest BCUT2D eigenvalue weighted by Gasteiger charge is 2.13. The van der Waals surface area contributed by atoms with Gasteiger partial charge in [-0.3, -0.25) is 0 Å². The number of nitrogens with zero attached hydrogens (tertiary/aromatic N) is 3. The first-order valence-corrected chi connectivity index (χ1v) is 6.63. The minimum Gasteiger partial charge on any atom is -0.382 e. The zero-order valence-corrected chi connectivity index (χ0v) is 11.1. The normalized spacial score (nSPS) is 10.1. The summed E-state index contributed by atoms with van der Waals surface area (Å²) in [7, 11) is 0. The zero-order chi connectivity index (χ0) is 13.1. The maximum atomic E-state index is 9.14. The first-order valence-electron chi connectivity index (χ1n) is 5.03. The van der Waals surface area contributed by atoms with E-state index in [2.05, 4.69) is 9.97 Å². The second-order valence-electron chi connectivity index (χ2n) is 3.44. The number of nitrogens with two attached hydrogens (primary N) is 1. The monoisotopic (exact) mass is 276 g/mol. The molecule has 0 saturated carbocycles. The SMILES string of the molecule is CSc1nc(N)c(C#N)c(-c2ccc(Cl)cc2)n1. The molecule has 2 rings (SSSR count). The minimum atomic E-state index is 0.196. The van der Waals surface area contributed by atoms with Crippen molar-refractivity contribution < 1.29 is 0 Å². The van der Waals surface area contributed by atoms with Crippen molar-refractivity contribution in [2.24, 2.45) is 0 Å². The molecule has 1 aromatic heterocycles. The average Bonchev–Trinajstić information content (AvgIpc) is 2.38. The molecular formula is C12H9ClN4S. The summed E-state index contributed by atoms with van der Waals surface area (Å²) in [6.07, 6.45) is 1.85. The van der Waals surface area contributed by atoms with Crippen molar-refractivity contribution in [1.29, 1.82) is 5.26 Å². The van der Waals surface area contributed by atoms with Crippen molar-refractivity contribution in [3.63, 3.8) is 0 Å². The maximum absolute atomic E-state index is 9.14. The molecule has 0 aliphatic heterocycles. The number of benzene rings is 1. The van der Waals surface area contributed by atoms with Gasteiger partial charge in [0.15, 0.2) is 5.16 Å². The van der Waals surface area contributed by atoms with Gasteiger partial charge in [0.1, 0.15) is 17.5 Å². The molecule has 6 heteroatoms. The molecular weight excluding hydrogens is 268 g/mol. The molecule has 18 heavy (non-hydrogen) atoms. The Morgan fingerprint density at radius 1 is 1.28 bits per heavy atom. The standard InChI is InChI=1S/C12H9ClN4S/c1-18-12-16-10(9(6-14)11(15)17-12)7-2-4-8(13)5-3-7/h2-5H,1H3,(H2,15,16,17). The minimum absolute atomic E-state index is 0.196. The highest BCUT2D eigenvalue weighted by atomic mass is 35.5. The third-order valence-electron chi connectivity index (χ3n) is 2.33. The maximum Gasteiger partial charge on any atom is 0.189 e. The molecule has 0 fully saturated rings. The number of aromatic nitrogens is 2. The van der Waals surface area contributed by atoms with E-state index in [1.54, 1.807) is 24.3 Å². The molecule has 0 unspecified atom stereocenters. The van der Waals surface area contributed by atoms with E-state index in [-0.39, 0.29) is 11.4 Å². The molecule has 0 spiro atoms. The van der Waals surface area contributed by atoms with Gasteiger partial charge in [0, 0.05) is 10.6 Å². The molecule has 1 aromatic carbocycles. The first kappa shape index (κ1) is 12.7. The average molecular weight is 277 g/mol. The molecule has 4 nitrogen and oxygen atoms in total. The second-order valence-corrected chi connectivity index (χ2v) is 4.65. The van der Waals surface area contributed by atoms with Gasteiger partial charge in [0.25, 0.3) is 0 Å². The predicted molar refractivity (Wildman–Crippen MR) is 73.4 cm³/mol. The fourth-order valence-corrected chi connectivity index (χ4v) is 1.97. The van der Waals surface area contributed by atoms with E-state index >= 15 is 0 Å². The van der Waals surface area contributed by atoms with E-state index in [0.717, 1.165) is 5.56 Å². The lowest BCUT2D eigenvalue weighted by molar-refractivity contribution is 0.979. The summed E-state index contributed by atoms with van der Waals surface area (Å²) >= 11 is 7.21. The molecule has 0 amide bonds. The molecule has 1 heterocycles. The Morgan fingerprint density at radius 3 is 2.50 bits per heavy atom. The number of halogens is 1. The molecule has 0 aliphatic carbocycles. The lowest BCUT2D eigenvalue weighted by Crippen LogP contribution is -2.02. The van der Waals surface area contributed by atoms with Crippen LogP contribution in [0, 0.1) is 11.3 Å². The summed E-state index contributed by atoms with van der Waals surface area (Å²) in [6, 6.07) is 9.13. The van der Waals surface area contributed by atoms with Crippen LogP contribution in [0.1, 0.15) is 5.56 Å².